The highest BCUT2D eigenvalue weighted by molar-refractivity contribution is 7.99. The molecule has 1 saturated carbocycles. The molecule has 0 bridgehead atoms. The lowest BCUT2D eigenvalue weighted by atomic mass is 9.93. The fourth-order valence-electron chi connectivity index (χ4n) is 4.07. The third kappa shape index (κ3) is 4.90. The fourth-order valence-corrected chi connectivity index (χ4v) is 4.81. The average Bonchev–Trinajstić information content (AvgIpc) is 3.28. The van der Waals surface area contributed by atoms with Crippen molar-refractivity contribution in [3.8, 4) is 11.4 Å². The molecule has 0 saturated heterocycles. The SMILES string of the molecule is COc1ccc(C)cc1-n1nnnc1SCC(=O)N(c1ccccc1)C1CCCCC1. The molecule has 162 valence electrons. The molecule has 0 spiro atoms. The number of hydrogen-bond acceptors (Lipinski definition) is 6. The molecule has 8 heteroatoms. The average molecular weight is 438 g/mol. The van der Waals surface area contributed by atoms with E-state index in [9.17, 15) is 4.79 Å². The van der Waals surface area contributed by atoms with Gasteiger partial charge in [0.1, 0.15) is 11.4 Å². The number of methoxy groups -OCH3 is 1. The number of anilines is 1. The molecule has 3 aromatic rings. The topological polar surface area (TPSA) is 73.1 Å². The van der Waals surface area contributed by atoms with E-state index < -0.39 is 0 Å². The Morgan fingerprint density at radius 3 is 2.68 bits per heavy atom. The minimum atomic E-state index is 0.0776. The summed E-state index contributed by atoms with van der Waals surface area (Å²) in [6.07, 6.45) is 5.67. The summed E-state index contributed by atoms with van der Waals surface area (Å²) in [6, 6.07) is 16.1. The van der Waals surface area contributed by atoms with Crippen molar-refractivity contribution < 1.29 is 9.53 Å². The van der Waals surface area contributed by atoms with Gasteiger partial charge in [0, 0.05) is 11.7 Å². The Kier molecular flexibility index (Phi) is 6.86. The van der Waals surface area contributed by atoms with Gasteiger partial charge in [0.25, 0.3) is 0 Å². The van der Waals surface area contributed by atoms with Crippen LogP contribution in [-0.4, -0.2) is 45.0 Å². The molecule has 1 fully saturated rings. The molecule has 0 unspecified atom stereocenters. The monoisotopic (exact) mass is 437 g/mol. The quantitative estimate of drug-likeness (QED) is 0.509. The van der Waals surface area contributed by atoms with Crippen LogP contribution in [-0.2, 0) is 4.79 Å². The van der Waals surface area contributed by atoms with Crippen LogP contribution in [0.3, 0.4) is 0 Å². The Morgan fingerprint density at radius 1 is 1.16 bits per heavy atom. The first-order valence-corrected chi connectivity index (χ1v) is 11.6. The molecule has 1 amide bonds. The van der Waals surface area contributed by atoms with Crippen LogP contribution >= 0.6 is 11.8 Å². The Balaban J connectivity index is 1.54. The minimum Gasteiger partial charge on any atom is -0.494 e. The normalized spacial score (nSPS) is 14.4. The van der Waals surface area contributed by atoms with Crippen LogP contribution in [0.15, 0.2) is 53.7 Å². The smallest absolute Gasteiger partial charge is 0.237 e. The van der Waals surface area contributed by atoms with Crippen LogP contribution in [0.4, 0.5) is 5.69 Å². The second kappa shape index (κ2) is 9.96. The lowest BCUT2D eigenvalue weighted by molar-refractivity contribution is -0.116. The highest BCUT2D eigenvalue weighted by Crippen LogP contribution is 2.30. The molecule has 0 N–H and O–H groups in total. The van der Waals surface area contributed by atoms with Gasteiger partial charge < -0.3 is 9.64 Å². The van der Waals surface area contributed by atoms with Crippen LogP contribution in [0, 0.1) is 6.92 Å². The maximum absolute atomic E-state index is 13.4. The van der Waals surface area contributed by atoms with Crippen molar-refractivity contribution >= 4 is 23.4 Å². The summed E-state index contributed by atoms with van der Waals surface area (Å²) in [5.41, 5.74) is 2.79. The van der Waals surface area contributed by atoms with E-state index in [-0.39, 0.29) is 17.7 Å². The van der Waals surface area contributed by atoms with Gasteiger partial charge >= 0.3 is 0 Å². The number of thioether (sulfide) groups is 1. The van der Waals surface area contributed by atoms with Crippen LogP contribution < -0.4 is 9.64 Å². The summed E-state index contributed by atoms with van der Waals surface area (Å²) >= 11 is 1.35. The lowest BCUT2D eigenvalue weighted by Crippen LogP contribution is -2.42. The van der Waals surface area contributed by atoms with Crippen LogP contribution in [0.2, 0.25) is 0 Å². The van der Waals surface area contributed by atoms with E-state index >= 15 is 0 Å². The molecule has 0 aliphatic heterocycles. The molecule has 1 aliphatic carbocycles. The molecule has 31 heavy (non-hydrogen) atoms. The number of amides is 1. The second-order valence-corrected chi connectivity index (χ2v) is 8.67. The predicted octanol–water partition coefficient (Wildman–Crippen LogP) is 4.44. The molecule has 1 aliphatic rings. The van der Waals surface area contributed by atoms with Crippen molar-refractivity contribution in [2.45, 2.75) is 50.2 Å². The Morgan fingerprint density at radius 2 is 1.94 bits per heavy atom. The van der Waals surface area contributed by atoms with Crippen molar-refractivity contribution in [1.82, 2.24) is 20.2 Å². The summed E-state index contributed by atoms with van der Waals surface area (Å²) in [5, 5.41) is 12.7. The third-order valence-corrected chi connectivity index (χ3v) is 6.48. The van der Waals surface area contributed by atoms with E-state index in [1.54, 1.807) is 11.8 Å². The van der Waals surface area contributed by atoms with Gasteiger partial charge in [-0.2, -0.15) is 4.68 Å². The largest absolute Gasteiger partial charge is 0.494 e. The van der Waals surface area contributed by atoms with Gasteiger partial charge in [-0.1, -0.05) is 55.3 Å². The van der Waals surface area contributed by atoms with Crippen molar-refractivity contribution in [3.63, 3.8) is 0 Å². The van der Waals surface area contributed by atoms with Crippen molar-refractivity contribution in [2.24, 2.45) is 0 Å². The zero-order valence-corrected chi connectivity index (χ0v) is 18.7. The molecule has 4 rings (SSSR count). The number of carbonyl (C=O) groups excluding carboxylic acids is 1. The second-order valence-electron chi connectivity index (χ2n) is 7.73. The Labute approximate surface area is 186 Å². The maximum atomic E-state index is 13.4. The Bertz CT molecular complexity index is 1020. The first-order valence-electron chi connectivity index (χ1n) is 10.6. The lowest BCUT2D eigenvalue weighted by Gasteiger charge is -2.34. The highest BCUT2D eigenvalue weighted by Gasteiger charge is 2.27. The summed E-state index contributed by atoms with van der Waals surface area (Å²) in [6.45, 7) is 2.01. The summed E-state index contributed by atoms with van der Waals surface area (Å²) in [7, 11) is 1.62. The molecule has 1 aromatic heterocycles. The van der Waals surface area contributed by atoms with E-state index in [0.29, 0.717) is 10.9 Å². The molecular formula is C23H27N5O2S. The van der Waals surface area contributed by atoms with E-state index in [2.05, 4.69) is 15.5 Å². The third-order valence-electron chi connectivity index (χ3n) is 5.57. The minimum absolute atomic E-state index is 0.0776. The standard InChI is InChI=1S/C23H27N5O2S/c1-17-13-14-21(30-2)20(15-17)28-23(24-25-26-28)31-16-22(29)27(18-9-5-3-6-10-18)19-11-7-4-8-12-19/h3,5-6,9-10,13-15,19H,4,7-8,11-12,16H2,1-2H3. The zero-order chi connectivity index (χ0) is 21.6. The van der Waals surface area contributed by atoms with Crippen LogP contribution in [0.5, 0.6) is 5.75 Å². The van der Waals surface area contributed by atoms with Gasteiger partial charge in [-0.3, -0.25) is 4.79 Å². The number of para-hydroxylation sites is 1. The van der Waals surface area contributed by atoms with Gasteiger partial charge in [0.2, 0.25) is 11.1 Å². The number of carbonyl (C=O) groups is 1. The zero-order valence-electron chi connectivity index (χ0n) is 17.9. The van der Waals surface area contributed by atoms with Gasteiger partial charge in [-0.05, 0) is 60.0 Å². The van der Waals surface area contributed by atoms with E-state index in [4.69, 9.17) is 4.74 Å². The summed E-state index contributed by atoms with van der Waals surface area (Å²) in [5.74, 6) is 1.02. The molecule has 0 atom stereocenters. The Hall–Kier alpha value is -2.87. The van der Waals surface area contributed by atoms with Gasteiger partial charge in [-0.25, -0.2) is 0 Å². The number of aryl methyl sites for hydroxylation is 1. The fraction of sp³-hybridized carbons (Fsp3) is 0.391. The number of aromatic nitrogens is 4. The molecular weight excluding hydrogens is 410 g/mol. The van der Waals surface area contributed by atoms with E-state index in [1.165, 1.54) is 31.0 Å². The highest BCUT2D eigenvalue weighted by atomic mass is 32.2. The van der Waals surface area contributed by atoms with E-state index in [0.717, 1.165) is 29.8 Å². The van der Waals surface area contributed by atoms with Gasteiger partial charge in [0.05, 0.1) is 12.9 Å². The van der Waals surface area contributed by atoms with Crippen molar-refractivity contribution in [1.29, 1.82) is 0 Å². The van der Waals surface area contributed by atoms with Crippen molar-refractivity contribution in [2.75, 3.05) is 17.8 Å². The predicted molar refractivity (Wildman–Crippen MR) is 122 cm³/mol. The first-order chi connectivity index (χ1) is 15.2. The number of benzene rings is 2. The first kappa shape index (κ1) is 21.4. The summed E-state index contributed by atoms with van der Waals surface area (Å²) < 4.78 is 7.12. The number of rotatable bonds is 7. The van der Waals surface area contributed by atoms with Crippen molar-refractivity contribution in [3.05, 3.63) is 54.1 Å². The van der Waals surface area contributed by atoms with Gasteiger partial charge in [-0.15, -0.1) is 5.10 Å². The molecule has 1 heterocycles. The van der Waals surface area contributed by atoms with Crippen LogP contribution in [0.25, 0.3) is 5.69 Å². The molecule has 7 nitrogen and oxygen atoms in total. The molecule has 2 aromatic carbocycles. The summed E-state index contributed by atoms with van der Waals surface area (Å²) in [4.78, 5) is 15.3. The number of ether oxygens (including phenoxy) is 1. The maximum Gasteiger partial charge on any atom is 0.237 e. The molecule has 0 radical (unpaired) electrons. The van der Waals surface area contributed by atoms with E-state index in [1.807, 2.05) is 60.4 Å². The number of tetrazole rings is 1. The number of hydrogen-bond donors (Lipinski definition) is 0. The number of nitrogens with zero attached hydrogens (tertiary/aromatic N) is 5. The van der Waals surface area contributed by atoms with Gasteiger partial charge in [0.15, 0.2) is 0 Å². The van der Waals surface area contributed by atoms with Crippen LogP contribution in [0.1, 0.15) is 37.7 Å².